The molecule has 1 saturated carbocycles. The zero-order chi connectivity index (χ0) is 22.5. The Morgan fingerprint density at radius 3 is 2.78 bits per heavy atom. The van der Waals surface area contributed by atoms with Gasteiger partial charge in [-0.3, -0.25) is 10.1 Å². The monoisotopic (exact) mass is 458 g/mol. The van der Waals surface area contributed by atoms with Crippen molar-refractivity contribution in [3.63, 3.8) is 0 Å². The van der Waals surface area contributed by atoms with Gasteiger partial charge in [-0.2, -0.15) is 0 Å². The van der Waals surface area contributed by atoms with Gasteiger partial charge >= 0.3 is 6.03 Å². The molecular formula is C21H19FN4O5S. The largest absolute Gasteiger partial charge is 0.454 e. The summed E-state index contributed by atoms with van der Waals surface area (Å²) in [6.07, 6.45) is 2.72. The summed E-state index contributed by atoms with van der Waals surface area (Å²) in [5, 5.41) is 5.62. The Balaban J connectivity index is 1.35. The third-order valence-electron chi connectivity index (χ3n) is 6.09. The number of sulfonamides is 1. The highest BCUT2D eigenvalue weighted by atomic mass is 32.2. The fraction of sp³-hybridized carbons (Fsp3) is 0.286. The smallest absolute Gasteiger partial charge is 0.322 e. The average Bonchev–Trinajstić information content (AvgIpc) is 3.43. The number of hydrogen-bond acceptors (Lipinski definition) is 6. The Kier molecular flexibility index (Phi) is 4.75. The highest BCUT2D eigenvalue weighted by Crippen LogP contribution is 2.37. The first-order valence-corrected chi connectivity index (χ1v) is 11.5. The third kappa shape index (κ3) is 3.33. The highest BCUT2D eigenvalue weighted by Gasteiger charge is 2.54. The SMILES string of the molecule is O=C1NC(=O)C2(CCCC2CNS(=O)(=O)c2cnc(-c3cc4ccccc4o3)c(F)c2)N1. The molecule has 2 atom stereocenters. The number of urea groups is 1. The van der Waals surface area contributed by atoms with Gasteiger partial charge in [0.15, 0.2) is 11.6 Å². The summed E-state index contributed by atoms with van der Waals surface area (Å²) in [5.41, 5.74) is -0.648. The van der Waals surface area contributed by atoms with E-state index in [1.807, 2.05) is 12.1 Å². The second-order valence-electron chi connectivity index (χ2n) is 7.97. The summed E-state index contributed by atoms with van der Waals surface area (Å²) in [6, 6.07) is 9.09. The van der Waals surface area contributed by atoms with Crippen LogP contribution in [0.1, 0.15) is 19.3 Å². The fourth-order valence-electron chi connectivity index (χ4n) is 4.46. The lowest BCUT2D eigenvalue weighted by molar-refractivity contribution is -0.125. The minimum Gasteiger partial charge on any atom is -0.454 e. The molecule has 1 aliphatic heterocycles. The number of nitrogens with zero attached hydrogens (tertiary/aromatic N) is 1. The zero-order valence-electron chi connectivity index (χ0n) is 16.7. The van der Waals surface area contributed by atoms with Crippen LogP contribution in [0.25, 0.3) is 22.4 Å². The van der Waals surface area contributed by atoms with Crippen LogP contribution >= 0.6 is 0 Å². The number of aromatic nitrogens is 1. The van der Waals surface area contributed by atoms with Crippen LogP contribution < -0.4 is 15.4 Å². The van der Waals surface area contributed by atoms with Crippen molar-refractivity contribution in [2.24, 2.45) is 5.92 Å². The van der Waals surface area contributed by atoms with E-state index in [1.165, 1.54) is 0 Å². The summed E-state index contributed by atoms with van der Waals surface area (Å²) in [5.74, 6) is -1.52. The molecule has 2 fully saturated rings. The molecular weight excluding hydrogens is 439 g/mol. The van der Waals surface area contributed by atoms with Crippen molar-refractivity contribution in [3.05, 3.63) is 48.4 Å². The second kappa shape index (κ2) is 7.38. The molecule has 3 aromatic rings. The minimum absolute atomic E-state index is 0.0804. The number of hydrogen-bond donors (Lipinski definition) is 3. The van der Waals surface area contributed by atoms with Crippen LogP contribution in [0.2, 0.25) is 0 Å². The topological polar surface area (TPSA) is 130 Å². The molecule has 166 valence electrons. The predicted molar refractivity (Wildman–Crippen MR) is 111 cm³/mol. The molecule has 3 N–H and O–H groups in total. The highest BCUT2D eigenvalue weighted by molar-refractivity contribution is 7.89. The van der Waals surface area contributed by atoms with Crippen LogP contribution in [0, 0.1) is 11.7 Å². The summed E-state index contributed by atoms with van der Waals surface area (Å²) < 4.78 is 48.3. The molecule has 11 heteroatoms. The first kappa shape index (κ1) is 20.6. The van der Waals surface area contributed by atoms with E-state index in [0.717, 1.165) is 17.6 Å². The lowest BCUT2D eigenvalue weighted by Crippen LogP contribution is -2.53. The molecule has 1 saturated heterocycles. The Hall–Kier alpha value is -3.31. The van der Waals surface area contributed by atoms with Gasteiger partial charge in [-0.15, -0.1) is 0 Å². The number of carbonyl (C=O) groups excluding carboxylic acids is 2. The van der Waals surface area contributed by atoms with Gasteiger partial charge in [0.2, 0.25) is 10.0 Å². The maximum absolute atomic E-state index is 14.8. The number of benzene rings is 1. The van der Waals surface area contributed by atoms with Crippen molar-refractivity contribution in [1.29, 1.82) is 0 Å². The lowest BCUT2D eigenvalue weighted by atomic mass is 9.87. The van der Waals surface area contributed by atoms with E-state index in [9.17, 15) is 22.4 Å². The van der Waals surface area contributed by atoms with E-state index < -0.39 is 39.2 Å². The zero-order valence-corrected chi connectivity index (χ0v) is 17.5. The van der Waals surface area contributed by atoms with E-state index in [-0.39, 0.29) is 22.9 Å². The first-order valence-electron chi connectivity index (χ1n) is 10.1. The Labute approximate surface area is 182 Å². The number of fused-ring (bicyclic) bond motifs is 1. The standard InChI is InChI=1S/C21H19FN4O5S/c22-15-9-14(11-23-18(15)17-8-12-4-1-2-6-16(12)31-17)32(29,30)24-10-13-5-3-7-21(13)19(27)25-20(28)26-21/h1-2,4,6,8-9,11,13,24H,3,5,7,10H2,(H2,25,26,27,28). The van der Waals surface area contributed by atoms with E-state index >= 15 is 0 Å². The van der Waals surface area contributed by atoms with Gasteiger partial charge in [-0.25, -0.2) is 27.3 Å². The molecule has 9 nitrogen and oxygen atoms in total. The summed E-state index contributed by atoms with van der Waals surface area (Å²) in [4.78, 5) is 27.5. The Bertz CT molecular complexity index is 1320. The van der Waals surface area contributed by atoms with Gasteiger partial charge in [0, 0.05) is 24.0 Å². The number of rotatable bonds is 5. The molecule has 2 unspecified atom stereocenters. The van der Waals surface area contributed by atoms with Crippen molar-refractivity contribution in [2.75, 3.05) is 6.54 Å². The van der Waals surface area contributed by atoms with Crippen LogP contribution in [-0.4, -0.2) is 37.4 Å². The first-order chi connectivity index (χ1) is 15.3. The number of nitrogens with one attached hydrogen (secondary N) is 3. The molecule has 0 radical (unpaired) electrons. The van der Waals surface area contributed by atoms with Crippen molar-refractivity contribution in [2.45, 2.75) is 29.7 Å². The summed E-state index contributed by atoms with van der Waals surface area (Å²) >= 11 is 0. The number of carbonyl (C=O) groups is 2. The van der Waals surface area contributed by atoms with Crippen LogP contribution in [0.3, 0.4) is 0 Å². The maximum atomic E-state index is 14.8. The van der Waals surface area contributed by atoms with Gasteiger partial charge in [-0.05, 0) is 31.0 Å². The average molecular weight is 458 g/mol. The van der Waals surface area contributed by atoms with E-state index in [0.29, 0.717) is 24.8 Å². The van der Waals surface area contributed by atoms with Crippen LogP contribution in [-0.2, 0) is 14.8 Å². The number of para-hydroxylation sites is 1. The van der Waals surface area contributed by atoms with Gasteiger partial charge in [0.05, 0.1) is 0 Å². The normalized spacial score (nSPS) is 23.1. The predicted octanol–water partition coefficient (Wildman–Crippen LogP) is 2.29. The number of halogens is 1. The minimum atomic E-state index is -4.10. The Morgan fingerprint density at radius 2 is 2.06 bits per heavy atom. The molecule has 3 heterocycles. The van der Waals surface area contributed by atoms with Crippen molar-refractivity contribution in [3.8, 4) is 11.5 Å². The van der Waals surface area contributed by atoms with Crippen molar-refractivity contribution >= 4 is 32.9 Å². The molecule has 3 amide bonds. The summed E-state index contributed by atoms with van der Waals surface area (Å²) in [6.45, 7) is -0.0804. The molecule has 2 aliphatic rings. The van der Waals surface area contributed by atoms with Crippen LogP contribution in [0.5, 0.6) is 0 Å². The van der Waals surface area contributed by atoms with Gasteiger partial charge in [-0.1, -0.05) is 24.6 Å². The number of amides is 3. The molecule has 1 aliphatic carbocycles. The van der Waals surface area contributed by atoms with Gasteiger partial charge < -0.3 is 9.73 Å². The Morgan fingerprint density at radius 1 is 1.25 bits per heavy atom. The summed E-state index contributed by atoms with van der Waals surface area (Å²) in [7, 11) is -4.10. The molecule has 32 heavy (non-hydrogen) atoms. The van der Waals surface area contributed by atoms with E-state index in [1.54, 1.807) is 18.2 Å². The van der Waals surface area contributed by atoms with E-state index in [4.69, 9.17) is 4.42 Å². The lowest BCUT2D eigenvalue weighted by Gasteiger charge is -2.28. The molecule has 5 rings (SSSR count). The molecule has 1 spiro atoms. The van der Waals surface area contributed by atoms with Crippen molar-refractivity contribution in [1.82, 2.24) is 20.3 Å². The number of pyridine rings is 1. The van der Waals surface area contributed by atoms with Crippen molar-refractivity contribution < 1.29 is 26.8 Å². The number of furan rings is 1. The quantitative estimate of drug-likeness (QED) is 0.503. The fourth-order valence-corrected chi connectivity index (χ4v) is 5.50. The molecule has 2 aromatic heterocycles. The van der Waals surface area contributed by atoms with Gasteiger partial charge in [0.25, 0.3) is 5.91 Å². The molecule has 0 bridgehead atoms. The van der Waals surface area contributed by atoms with Crippen LogP contribution in [0.4, 0.5) is 9.18 Å². The maximum Gasteiger partial charge on any atom is 0.322 e. The number of imide groups is 1. The second-order valence-corrected chi connectivity index (χ2v) is 9.74. The van der Waals surface area contributed by atoms with Gasteiger partial charge in [0.1, 0.15) is 21.7 Å². The molecule has 1 aromatic carbocycles. The van der Waals surface area contributed by atoms with E-state index in [2.05, 4.69) is 20.3 Å². The third-order valence-corrected chi connectivity index (χ3v) is 7.49. The van der Waals surface area contributed by atoms with Crippen LogP contribution in [0.15, 0.2) is 51.9 Å².